The van der Waals surface area contributed by atoms with Gasteiger partial charge in [-0.1, -0.05) is 13.8 Å². The van der Waals surface area contributed by atoms with E-state index in [1.165, 1.54) is 0 Å². The van der Waals surface area contributed by atoms with Crippen molar-refractivity contribution in [2.24, 2.45) is 5.41 Å². The summed E-state index contributed by atoms with van der Waals surface area (Å²) in [6.07, 6.45) is -0.734. The van der Waals surface area contributed by atoms with Gasteiger partial charge in [0.1, 0.15) is 5.60 Å². The molecule has 0 spiro atoms. The fourth-order valence-corrected chi connectivity index (χ4v) is 1.62. The van der Waals surface area contributed by atoms with Crippen molar-refractivity contribution in [2.45, 2.75) is 86.2 Å². The summed E-state index contributed by atoms with van der Waals surface area (Å²) in [5.74, 6) is 0. The molecule has 0 amide bonds. The highest BCUT2D eigenvalue weighted by Crippen LogP contribution is 2.39. The van der Waals surface area contributed by atoms with Crippen molar-refractivity contribution in [3.05, 3.63) is 0 Å². The van der Waals surface area contributed by atoms with E-state index in [-0.39, 0.29) is 23.7 Å². The van der Waals surface area contributed by atoms with Gasteiger partial charge in [0, 0.05) is 5.41 Å². The summed E-state index contributed by atoms with van der Waals surface area (Å²) in [5.41, 5.74) is -1.03. The van der Waals surface area contributed by atoms with Gasteiger partial charge in [-0.15, -0.1) is 0 Å². The fraction of sp³-hybridized carbons (Fsp3) is 0.933. The van der Waals surface area contributed by atoms with Gasteiger partial charge in [-0.2, -0.15) is 0 Å². The van der Waals surface area contributed by atoms with Crippen LogP contribution in [0.4, 0.5) is 4.79 Å². The van der Waals surface area contributed by atoms with E-state index in [0.717, 1.165) is 0 Å². The van der Waals surface area contributed by atoms with E-state index in [2.05, 4.69) is 0 Å². The van der Waals surface area contributed by atoms with Gasteiger partial charge in [0.05, 0.1) is 18.3 Å². The molecule has 1 unspecified atom stereocenters. The van der Waals surface area contributed by atoms with Crippen LogP contribution in [-0.4, -0.2) is 30.1 Å². The number of rotatable bonds is 6. The third-order valence-corrected chi connectivity index (χ3v) is 3.71. The second-order valence-corrected chi connectivity index (χ2v) is 6.58. The van der Waals surface area contributed by atoms with Gasteiger partial charge in [0.25, 0.3) is 0 Å². The lowest BCUT2D eigenvalue weighted by Crippen LogP contribution is -2.50. The molecule has 0 rings (SSSR count). The Kier molecular flexibility index (Phi) is 6.33. The molecule has 114 valence electrons. The first-order valence-corrected chi connectivity index (χ1v) is 6.95. The first kappa shape index (κ1) is 18.2. The summed E-state index contributed by atoms with van der Waals surface area (Å²) in [6, 6.07) is 0. The molecule has 0 radical (unpaired) electrons. The molecular formula is C15H30O4. The molecule has 0 aliphatic heterocycles. The molecule has 0 aromatic rings. The molecule has 0 saturated carbocycles. The average Bonchev–Trinajstić information content (AvgIpc) is 2.13. The molecule has 0 aliphatic carbocycles. The predicted molar refractivity (Wildman–Crippen MR) is 76.2 cm³/mol. The maximum atomic E-state index is 11.7. The summed E-state index contributed by atoms with van der Waals surface area (Å²) < 4.78 is 16.3. The van der Waals surface area contributed by atoms with E-state index in [4.69, 9.17) is 14.2 Å². The zero-order chi connectivity index (χ0) is 15.4. The van der Waals surface area contributed by atoms with Crippen molar-refractivity contribution in [3.8, 4) is 0 Å². The number of carbonyl (C=O) groups is 1. The van der Waals surface area contributed by atoms with Crippen molar-refractivity contribution in [1.82, 2.24) is 0 Å². The molecule has 4 nitrogen and oxygen atoms in total. The minimum atomic E-state index is -0.687. The molecule has 19 heavy (non-hydrogen) atoms. The molecule has 0 N–H and O–H groups in total. The van der Waals surface area contributed by atoms with Gasteiger partial charge in [0.15, 0.2) is 0 Å². The largest absolute Gasteiger partial charge is 0.509 e. The zero-order valence-corrected chi connectivity index (χ0v) is 13.9. The van der Waals surface area contributed by atoms with E-state index in [1.807, 2.05) is 48.5 Å². The van der Waals surface area contributed by atoms with Crippen LogP contribution in [-0.2, 0) is 14.2 Å². The monoisotopic (exact) mass is 274 g/mol. The molecule has 0 fully saturated rings. The Morgan fingerprint density at radius 1 is 0.895 bits per heavy atom. The van der Waals surface area contributed by atoms with Crippen molar-refractivity contribution < 1.29 is 19.0 Å². The Bertz CT molecular complexity index is 293. The van der Waals surface area contributed by atoms with Crippen LogP contribution >= 0.6 is 0 Å². The molecule has 4 heteroatoms. The van der Waals surface area contributed by atoms with Gasteiger partial charge in [-0.3, -0.25) is 0 Å². The normalized spacial score (nSPS) is 14.7. The van der Waals surface area contributed by atoms with E-state index >= 15 is 0 Å². The number of hydrogen-bond donors (Lipinski definition) is 0. The van der Waals surface area contributed by atoms with Gasteiger partial charge >= 0.3 is 6.16 Å². The van der Waals surface area contributed by atoms with Crippen LogP contribution in [0.1, 0.15) is 62.3 Å². The summed E-state index contributed by atoms with van der Waals surface area (Å²) in [7, 11) is 0. The first-order valence-electron chi connectivity index (χ1n) is 6.95. The minimum Gasteiger partial charge on any atom is -0.432 e. The van der Waals surface area contributed by atoms with Crippen LogP contribution in [0.25, 0.3) is 0 Å². The lowest BCUT2D eigenvalue weighted by molar-refractivity contribution is -0.148. The Hall–Kier alpha value is -0.770. The molecule has 0 aromatic carbocycles. The Balaban J connectivity index is 4.80. The molecule has 0 aromatic heterocycles. The Morgan fingerprint density at radius 2 is 1.37 bits per heavy atom. The topological polar surface area (TPSA) is 44.8 Å². The molecular weight excluding hydrogens is 244 g/mol. The molecule has 0 aliphatic rings. The van der Waals surface area contributed by atoms with Crippen LogP contribution in [0.15, 0.2) is 0 Å². The zero-order valence-electron chi connectivity index (χ0n) is 13.9. The van der Waals surface area contributed by atoms with Crippen molar-refractivity contribution in [3.63, 3.8) is 0 Å². The highest BCUT2D eigenvalue weighted by molar-refractivity contribution is 5.60. The molecule has 0 saturated heterocycles. The second-order valence-electron chi connectivity index (χ2n) is 6.58. The molecule has 0 heterocycles. The Morgan fingerprint density at radius 3 is 1.74 bits per heavy atom. The van der Waals surface area contributed by atoms with Crippen LogP contribution in [0.3, 0.4) is 0 Å². The molecule has 0 bridgehead atoms. The number of carbonyl (C=O) groups excluding carboxylic acids is 1. The lowest BCUT2D eigenvalue weighted by Gasteiger charge is -2.44. The number of ether oxygens (including phenoxy) is 3. The van der Waals surface area contributed by atoms with Crippen LogP contribution in [0.2, 0.25) is 0 Å². The minimum absolute atomic E-state index is 0.0469. The highest BCUT2D eigenvalue weighted by Gasteiger charge is 2.45. The van der Waals surface area contributed by atoms with E-state index in [0.29, 0.717) is 0 Å². The standard InChI is InChI=1S/C15H30O4/c1-10(2)17-12(5)14(6,7)15(8,9)19-13(16)18-11(3)4/h10-12H,1-9H3. The summed E-state index contributed by atoms with van der Waals surface area (Å²) >= 11 is 0. The van der Waals surface area contributed by atoms with Gasteiger partial charge in [-0.25, -0.2) is 4.79 Å². The fourth-order valence-electron chi connectivity index (χ4n) is 1.62. The van der Waals surface area contributed by atoms with E-state index < -0.39 is 11.8 Å². The van der Waals surface area contributed by atoms with E-state index in [1.54, 1.807) is 13.8 Å². The SMILES string of the molecule is CC(C)OC(=O)OC(C)(C)C(C)(C)C(C)OC(C)C. The maximum absolute atomic E-state index is 11.7. The van der Waals surface area contributed by atoms with Crippen molar-refractivity contribution in [2.75, 3.05) is 0 Å². The summed E-state index contributed by atoms with van der Waals surface area (Å²) in [5, 5.41) is 0. The van der Waals surface area contributed by atoms with Crippen molar-refractivity contribution >= 4 is 6.16 Å². The maximum Gasteiger partial charge on any atom is 0.509 e. The summed E-state index contributed by atoms with van der Waals surface area (Å²) in [4.78, 5) is 11.7. The average molecular weight is 274 g/mol. The van der Waals surface area contributed by atoms with Gasteiger partial charge in [-0.05, 0) is 48.5 Å². The van der Waals surface area contributed by atoms with Crippen molar-refractivity contribution in [1.29, 1.82) is 0 Å². The van der Waals surface area contributed by atoms with E-state index in [9.17, 15) is 4.79 Å². The van der Waals surface area contributed by atoms with Gasteiger partial charge in [0.2, 0.25) is 0 Å². The van der Waals surface area contributed by atoms with Crippen LogP contribution < -0.4 is 0 Å². The quantitative estimate of drug-likeness (QED) is 0.682. The van der Waals surface area contributed by atoms with Crippen LogP contribution in [0, 0.1) is 5.41 Å². The summed E-state index contributed by atoms with van der Waals surface area (Å²) in [6.45, 7) is 17.4. The lowest BCUT2D eigenvalue weighted by atomic mass is 9.73. The second kappa shape index (κ2) is 6.60. The smallest absolute Gasteiger partial charge is 0.432 e. The third kappa shape index (κ3) is 5.39. The highest BCUT2D eigenvalue weighted by atomic mass is 16.7. The van der Waals surface area contributed by atoms with Gasteiger partial charge < -0.3 is 14.2 Å². The first-order chi connectivity index (χ1) is 8.40. The molecule has 1 atom stereocenters. The Labute approximate surface area is 117 Å². The number of hydrogen-bond acceptors (Lipinski definition) is 4. The predicted octanol–water partition coefficient (Wildman–Crippen LogP) is 4.17. The third-order valence-electron chi connectivity index (χ3n) is 3.71. The van der Waals surface area contributed by atoms with Crippen LogP contribution in [0.5, 0.6) is 0 Å².